The highest BCUT2D eigenvalue weighted by Gasteiger charge is 2.41. The number of amides is 1. The molecule has 1 unspecified atom stereocenters. The van der Waals surface area contributed by atoms with E-state index in [1.54, 1.807) is 14.2 Å². The van der Waals surface area contributed by atoms with Crippen molar-refractivity contribution in [2.75, 3.05) is 40.5 Å². The molecule has 1 N–H and O–H groups in total. The maximum atomic E-state index is 11.3. The number of methoxy groups -OCH3 is 2. The molecule has 23 heavy (non-hydrogen) atoms. The Kier molecular flexibility index (Phi) is 4.84. The van der Waals surface area contributed by atoms with Gasteiger partial charge < -0.3 is 19.5 Å². The van der Waals surface area contributed by atoms with Crippen molar-refractivity contribution in [3.05, 3.63) is 29.3 Å². The van der Waals surface area contributed by atoms with Crippen LogP contribution in [0.4, 0.5) is 0 Å². The van der Waals surface area contributed by atoms with Crippen molar-refractivity contribution in [2.45, 2.75) is 25.2 Å². The van der Waals surface area contributed by atoms with Gasteiger partial charge in [0.05, 0.1) is 19.3 Å². The zero-order valence-corrected chi connectivity index (χ0v) is 13.8. The predicted molar refractivity (Wildman–Crippen MR) is 85.3 cm³/mol. The van der Waals surface area contributed by atoms with Crippen LogP contribution in [0, 0.1) is 0 Å². The molecule has 0 radical (unpaired) electrons. The van der Waals surface area contributed by atoms with Crippen molar-refractivity contribution < 1.29 is 19.0 Å². The molecule has 1 spiro atoms. The Morgan fingerprint density at radius 2 is 2.26 bits per heavy atom. The van der Waals surface area contributed by atoms with Gasteiger partial charge in [0.2, 0.25) is 5.91 Å². The van der Waals surface area contributed by atoms with Crippen molar-refractivity contribution in [2.24, 2.45) is 0 Å². The van der Waals surface area contributed by atoms with Gasteiger partial charge in [0.15, 0.2) is 0 Å². The lowest BCUT2D eigenvalue weighted by Gasteiger charge is -2.33. The Balaban J connectivity index is 1.64. The zero-order chi connectivity index (χ0) is 16.3. The van der Waals surface area contributed by atoms with E-state index in [0.29, 0.717) is 13.2 Å². The number of carbonyl (C=O) groups excluding carboxylic acids is 1. The first-order valence-corrected chi connectivity index (χ1v) is 7.92. The molecular weight excluding hydrogens is 296 g/mol. The summed E-state index contributed by atoms with van der Waals surface area (Å²) in [7, 11) is 3.36. The lowest BCUT2D eigenvalue weighted by Crippen LogP contribution is -2.53. The molecule has 2 heterocycles. The van der Waals surface area contributed by atoms with Gasteiger partial charge in [-0.2, -0.15) is 0 Å². The fourth-order valence-corrected chi connectivity index (χ4v) is 3.36. The number of likely N-dealkylation sites (tertiary alicyclic amines) is 1. The predicted octanol–water partition coefficient (Wildman–Crippen LogP) is 0.933. The van der Waals surface area contributed by atoms with Crippen LogP contribution < -0.4 is 10.1 Å². The highest BCUT2D eigenvalue weighted by molar-refractivity contribution is 5.78. The monoisotopic (exact) mass is 320 g/mol. The van der Waals surface area contributed by atoms with Crippen molar-refractivity contribution in [1.29, 1.82) is 0 Å². The molecule has 1 aromatic carbocycles. The number of morpholine rings is 1. The summed E-state index contributed by atoms with van der Waals surface area (Å²) in [5, 5.41) is 2.92. The molecule has 0 aliphatic carbocycles. The molecule has 1 aromatic rings. The molecule has 6 heteroatoms. The van der Waals surface area contributed by atoms with Crippen LogP contribution in [0.3, 0.4) is 0 Å². The maximum Gasteiger partial charge on any atom is 0.246 e. The van der Waals surface area contributed by atoms with Gasteiger partial charge in [-0.15, -0.1) is 0 Å². The summed E-state index contributed by atoms with van der Waals surface area (Å²) in [6.07, 6.45) is 0.953. The third-order valence-electron chi connectivity index (χ3n) is 4.56. The minimum absolute atomic E-state index is 0.0200. The van der Waals surface area contributed by atoms with E-state index in [0.717, 1.165) is 37.4 Å². The number of nitrogens with zero attached hydrogens (tertiary/aromatic N) is 1. The molecule has 6 nitrogen and oxygen atoms in total. The molecule has 126 valence electrons. The number of hydrogen-bond donors (Lipinski definition) is 1. The lowest BCUT2D eigenvalue weighted by molar-refractivity contribution is -0.142. The molecular formula is C17H24N2O4. The topological polar surface area (TPSA) is 60.0 Å². The van der Waals surface area contributed by atoms with E-state index in [4.69, 9.17) is 14.2 Å². The fraction of sp³-hybridized carbons (Fsp3) is 0.588. The minimum Gasteiger partial charge on any atom is -0.496 e. The molecule has 1 atom stereocenters. The summed E-state index contributed by atoms with van der Waals surface area (Å²) in [6, 6.07) is 6.22. The van der Waals surface area contributed by atoms with Crippen LogP contribution >= 0.6 is 0 Å². The van der Waals surface area contributed by atoms with E-state index in [1.807, 2.05) is 6.07 Å². The van der Waals surface area contributed by atoms with Gasteiger partial charge in [-0.1, -0.05) is 6.07 Å². The standard InChI is InChI=1S/C17H24N2O4/c1-21-9-14-7-13(3-4-15(14)22-2)8-19-6-5-17(12-19)11-18-16(20)10-23-17/h3-4,7H,5-6,8-12H2,1-2H3,(H,18,20). The number of hydrogen-bond acceptors (Lipinski definition) is 5. The summed E-state index contributed by atoms with van der Waals surface area (Å²) >= 11 is 0. The summed E-state index contributed by atoms with van der Waals surface area (Å²) in [4.78, 5) is 13.6. The summed E-state index contributed by atoms with van der Waals surface area (Å²) < 4.78 is 16.4. The molecule has 2 fully saturated rings. The van der Waals surface area contributed by atoms with Crippen LogP contribution in [0.1, 0.15) is 17.5 Å². The molecule has 2 aliphatic heterocycles. The van der Waals surface area contributed by atoms with Gasteiger partial charge in [0.25, 0.3) is 0 Å². The third-order valence-corrected chi connectivity index (χ3v) is 4.56. The van der Waals surface area contributed by atoms with Crippen LogP contribution in [0.2, 0.25) is 0 Å². The van der Waals surface area contributed by atoms with Gasteiger partial charge in [-0.25, -0.2) is 0 Å². The average molecular weight is 320 g/mol. The van der Waals surface area contributed by atoms with Crippen molar-refractivity contribution in [3.63, 3.8) is 0 Å². The second kappa shape index (κ2) is 6.86. The second-order valence-electron chi connectivity index (χ2n) is 6.29. The van der Waals surface area contributed by atoms with E-state index in [2.05, 4.69) is 22.3 Å². The van der Waals surface area contributed by atoms with Crippen LogP contribution in [-0.2, 0) is 27.4 Å². The number of ether oxygens (including phenoxy) is 3. The normalized spacial score (nSPS) is 24.9. The molecule has 1 amide bonds. The first-order chi connectivity index (χ1) is 11.1. The highest BCUT2D eigenvalue weighted by Crippen LogP contribution is 2.29. The van der Waals surface area contributed by atoms with Gasteiger partial charge in [0.1, 0.15) is 12.4 Å². The SMILES string of the molecule is COCc1cc(CN2CCC3(CNC(=O)CO3)C2)ccc1OC. The van der Waals surface area contributed by atoms with Gasteiger partial charge in [0, 0.05) is 38.9 Å². The molecule has 2 aliphatic rings. The largest absolute Gasteiger partial charge is 0.496 e. The van der Waals surface area contributed by atoms with Crippen LogP contribution in [0.15, 0.2) is 18.2 Å². The second-order valence-corrected chi connectivity index (χ2v) is 6.29. The number of carbonyl (C=O) groups is 1. The minimum atomic E-state index is -0.213. The summed E-state index contributed by atoms with van der Waals surface area (Å²) in [5.41, 5.74) is 2.08. The van der Waals surface area contributed by atoms with E-state index >= 15 is 0 Å². The van der Waals surface area contributed by atoms with Crippen molar-refractivity contribution in [1.82, 2.24) is 10.2 Å². The molecule has 0 bridgehead atoms. The van der Waals surface area contributed by atoms with Crippen molar-refractivity contribution in [3.8, 4) is 5.75 Å². The first kappa shape index (κ1) is 16.2. The number of rotatable bonds is 5. The fourth-order valence-electron chi connectivity index (χ4n) is 3.36. The van der Waals surface area contributed by atoms with Crippen molar-refractivity contribution >= 4 is 5.91 Å². The number of benzene rings is 1. The smallest absolute Gasteiger partial charge is 0.246 e. The first-order valence-electron chi connectivity index (χ1n) is 7.92. The molecule has 0 aromatic heterocycles. The Hall–Kier alpha value is -1.63. The van der Waals surface area contributed by atoms with E-state index in [9.17, 15) is 4.79 Å². The Bertz CT molecular complexity index is 566. The molecule has 3 rings (SSSR count). The Labute approximate surface area is 136 Å². The summed E-state index contributed by atoms with van der Waals surface area (Å²) in [6.45, 7) is 4.00. The summed E-state index contributed by atoms with van der Waals surface area (Å²) in [5.74, 6) is 0.834. The molecule has 0 saturated carbocycles. The van der Waals surface area contributed by atoms with E-state index < -0.39 is 0 Å². The Morgan fingerprint density at radius 3 is 2.96 bits per heavy atom. The highest BCUT2D eigenvalue weighted by atomic mass is 16.5. The van der Waals surface area contributed by atoms with E-state index in [1.165, 1.54) is 5.56 Å². The van der Waals surface area contributed by atoms with Gasteiger partial charge in [-0.3, -0.25) is 9.69 Å². The van der Waals surface area contributed by atoms with Gasteiger partial charge in [-0.05, 0) is 24.1 Å². The maximum absolute atomic E-state index is 11.3. The third kappa shape index (κ3) is 3.65. The lowest BCUT2D eigenvalue weighted by atomic mass is 10.0. The van der Waals surface area contributed by atoms with Gasteiger partial charge >= 0.3 is 0 Å². The average Bonchev–Trinajstić information content (AvgIpc) is 2.94. The quantitative estimate of drug-likeness (QED) is 0.875. The van der Waals surface area contributed by atoms with Crippen LogP contribution in [0.25, 0.3) is 0 Å². The zero-order valence-electron chi connectivity index (χ0n) is 13.8. The number of nitrogens with one attached hydrogen (secondary N) is 1. The van der Waals surface area contributed by atoms with Crippen LogP contribution in [0.5, 0.6) is 5.75 Å². The van der Waals surface area contributed by atoms with E-state index in [-0.39, 0.29) is 18.1 Å². The van der Waals surface area contributed by atoms with Crippen LogP contribution in [-0.4, -0.2) is 56.9 Å². The molecule has 2 saturated heterocycles. The Morgan fingerprint density at radius 1 is 1.39 bits per heavy atom.